The van der Waals surface area contributed by atoms with Gasteiger partial charge in [-0.05, 0) is 68.8 Å². The van der Waals surface area contributed by atoms with Gasteiger partial charge in [-0.25, -0.2) is 9.97 Å². The minimum atomic E-state index is -0.0868. The lowest BCUT2D eigenvalue weighted by atomic mass is 9.80. The first-order valence-electron chi connectivity index (χ1n) is 12.4. The highest BCUT2D eigenvalue weighted by atomic mass is 32.1. The summed E-state index contributed by atoms with van der Waals surface area (Å²) in [6, 6.07) is 31.3. The van der Waals surface area contributed by atoms with Crippen LogP contribution in [0.5, 0.6) is 0 Å². The van der Waals surface area contributed by atoms with E-state index in [1.54, 1.807) is 22.7 Å². The van der Waals surface area contributed by atoms with Crippen molar-refractivity contribution in [2.24, 2.45) is 0 Å². The van der Waals surface area contributed by atoms with Gasteiger partial charge in [-0.3, -0.25) is 0 Å². The fourth-order valence-electron chi connectivity index (χ4n) is 5.49. The standard InChI is InChI=1S/C33H24N2S2/c1-33(2)29-19-23(21-5-3-7-25(17-21)31-34-13-15-36-31)9-11-27(29)28-12-10-24(20-30(28)33)22-6-4-8-26(18-22)32-35-14-16-37-32/h3-20H,1-2H3. The Bertz CT molecular complexity index is 1620. The summed E-state index contributed by atoms with van der Waals surface area (Å²) in [6.07, 6.45) is 3.73. The molecule has 6 aromatic rings. The molecule has 0 fully saturated rings. The van der Waals surface area contributed by atoms with Crippen LogP contribution in [0.4, 0.5) is 0 Å². The topological polar surface area (TPSA) is 25.8 Å². The van der Waals surface area contributed by atoms with Crippen molar-refractivity contribution in [3.8, 4) is 54.5 Å². The Morgan fingerprint density at radius 1 is 0.514 bits per heavy atom. The molecule has 2 aromatic heterocycles. The Morgan fingerprint density at radius 3 is 1.38 bits per heavy atom. The third kappa shape index (κ3) is 3.76. The smallest absolute Gasteiger partial charge is 0.123 e. The predicted molar refractivity (Wildman–Crippen MR) is 157 cm³/mol. The predicted octanol–water partition coefficient (Wildman–Crippen LogP) is 9.57. The molecule has 1 aliphatic carbocycles. The molecule has 7 rings (SSSR count). The maximum Gasteiger partial charge on any atom is 0.123 e. The van der Waals surface area contributed by atoms with Gasteiger partial charge in [0, 0.05) is 39.7 Å². The summed E-state index contributed by atoms with van der Waals surface area (Å²) in [5.74, 6) is 0. The molecule has 0 bridgehead atoms. The summed E-state index contributed by atoms with van der Waals surface area (Å²) < 4.78 is 0. The molecule has 1 aliphatic rings. The average molecular weight is 513 g/mol. The van der Waals surface area contributed by atoms with Gasteiger partial charge >= 0.3 is 0 Å². The van der Waals surface area contributed by atoms with Crippen LogP contribution in [0.1, 0.15) is 25.0 Å². The summed E-state index contributed by atoms with van der Waals surface area (Å²) in [6.45, 7) is 4.70. The molecule has 0 N–H and O–H groups in total. The maximum atomic E-state index is 4.50. The van der Waals surface area contributed by atoms with Crippen molar-refractivity contribution < 1.29 is 0 Å². The van der Waals surface area contributed by atoms with E-state index in [0.29, 0.717) is 0 Å². The van der Waals surface area contributed by atoms with Crippen molar-refractivity contribution in [1.29, 1.82) is 0 Å². The second-order valence-corrected chi connectivity index (χ2v) is 11.8. The highest BCUT2D eigenvalue weighted by Gasteiger charge is 2.35. The van der Waals surface area contributed by atoms with E-state index >= 15 is 0 Å². The van der Waals surface area contributed by atoms with Gasteiger partial charge in [0.25, 0.3) is 0 Å². The van der Waals surface area contributed by atoms with Gasteiger partial charge in [-0.15, -0.1) is 22.7 Å². The van der Waals surface area contributed by atoms with Crippen molar-refractivity contribution in [2.75, 3.05) is 0 Å². The number of fused-ring (bicyclic) bond motifs is 3. The fourth-order valence-corrected chi connectivity index (χ4v) is 6.76. The maximum absolute atomic E-state index is 4.50. The quantitative estimate of drug-likeness (QED) is 0.235. The van der Waals surface area contributed by atoms with Crippen LogP contribution in [0.2, 0.25) is 0 Å². The monoisotopic (exact) mass is 512 g/mol. The first kappa shape index (κ1) is 22.3. The molecule has 0 atom stereocenters. The van der Waals surface area contributed by atoms with Crippen LogP contribution in [-0.2, 0) is 5.41 Å². The van der Waals surface area contributed by atoms with Crippen LogP contribution >= 0.6 is 22.7 Å². The molecule has 178 valence electrons. The van der Waals surface area contributed by atoms with Gasteiger partial charge in [0.1, 0.15) is 10.0 Å². The summed E-state index contributed by atoms with van der Waals surface area (Å²) in [7, 11) is 0. The normalized spacial score (nSPS) is 13.4. The Balaban J connectivity index is 1.28. The molecule has 0 spiro atoms. The van der Waals surface area contributed by atoms with Crippen molar-refractivity contribution in [3.05, 3.63) is 119 Å². The largest absolute Gasteiger partial charge is 0.245 e. The van der Waals surface area contributed by atoms with Crippen LogP contribution in [0.3, 0.4) is 0 Å². The Labute approximate surface area is 225 Å². The molecule has 0 unspecified atom stereocenters. The first-order chi connectivity index (χ1) is 18.1. The van der Waals surface area contributed by atoms with E-state index in [-0.39, 0.29) is 5.41 Å². The Hall–Kier alpha value is -3.86. The van der Waals surface area contributed by atoms with E-state index in [2.05, 4.69) is 109 Å². The first-order valence-corrected chi connectivity index (χ1v) is 14.1. The van der Waals surface area contributed by atoms with Crippen LogP contribution in [0.25, 0.3) is 54.5 Å². The minimum absolute atomic E-state index is 0.0868. The number of hydrogen-bond acceptors (Lipinski definition) is 4. The zero-order chi connectivity index (χ0) is 25.0. The highest BCUT2D eigenvalue weighted by Crippen LogP contribution is 2.50. The summed E-state index contributed by atoms with van der Waals surface area (Å²) in [5.41, 5.74) is 12.6. The molecule has 37 heavy (non-hydrogen) atoms. The van der Waals surface area contributed by atoms with Crippen LogP contribution in [-0.4, -0.2) is 9.97 Å². The summed E-state index contributed by atoms with van der Waals surface area (Å²) in [5, 5.41) is 6.17. The van der Waals surface area contributed by atoms with Crippen LogP contribution in [0.15, 0.2) is 108 Å². The minimum Gasteiger partial charge on any atom is -0.245 e. The fraction of sp³-hybridized carbons (Fsp3) is 0.0909. The van der Waals surface area contributed by atoms with Gasteiger partial charge in [0.05, 0.1) is 0 Å². The van der Waals surface area contributed by atoms with Gasteiger partial charge in [-0.2, -0.15) is 0 Å². The van der Waals surface area contributed by atoms with Crippen molar-refractivity contribution >= 4 is 22.7 Å². The molecular formula is C33H24N2S2. The van der Waals surface area contributed by atoms with Crippen molar-refractivity contribution in [1.82, 2.24) is 9.97 Å². The molecule has 0 amide bonds. The molecule has 4 heteroatoms. The molecule has 4 aromatic carbocycles. The molecule has 0 saturated carbocycles. The zero-order valence-electron chi connectivity index (χ0n) is 20.6. The number of nitrogens with zero attached hydrogens (tertiary/aromatic N) is 2. The second kappa shape index (κ2) is 8.62. The van der Waals surface area contributed by atoms with Crippen molar-refractivity contribution in [3.63, 3.8) is 0 Å². The van der Waals surface area contributed by atoms with Gasteiger partial charge in [0.15, 0.2) is 0 Å². The number of aromatic nitrogens is 2. The summed E-state index contributed by atoms with van der Waals surface area (Å²) >= 11 is 3.35. The lowest BCUT2D eigenvalue weighted by Gasteiger charge is -2.22. The number of hydrogen-bond donors (Lipinski definition) is 0. The molecule has 0 radical (unpaired) electrons. The average Bonchev–Trinajstić information content (AvgIpc) is 3.71. The third-order valence-electron chi connectivity index (χ3n) is 7.43. The second-order valence-electron chi connectivity index (χ2n) is 9.98. The molecule has 2 nitrogen and oxygen atoms in total. The van der Waals surface area contributed by atoms with E-state index in [9.17, 15) is 0 Å². The SMILES string of the molecule is CC1(C)c2cc(-c3cccc(-c4nccs4)c3)ccc2-c2ccc(-c3cccc(-c4nccs4)c3)cc21. The molecular weight excluding hydrogens is 489 g/mol. The molecule has 0 aliphatic heterocycles. The van der Waals surface area contributed by atoms with E-state index in [4.69, 9.17) is 0 Å². The Morgan fingerprint density at radius 2 is 0.946 bits per heavy atom. The van der Waals surface area contributed by atoms with Crippen LogP contribution < -0.4 is 0 Å². The highest BCUT2D eigenvalue weighted by molar-refractivity contribution is 7.13. The van der Waals surface area contributed by atoms with Gasteiger partial charge < -0.3 is 0 Å². The molecule has 0 saturated heterocycles. The van der Waals surface area contributed by atoms with E-state index < -0.39 is 0 Å². The lowest BCUT2D eigenvalue weighted by Crippen LogP contribution is -2.15. The van der Waals surface area contributed by atoms with Gasteiger partial charge in [0.2, 0.25) is 0 Å². The van der Waals surface area contributed by atoms with E-state index in [0.717, 1.165) is 10.0 Å². The van der Waals surface area contributed by atoms with Crippen LogP contribution in [0, 0.1) is 0 Å². The molecule has 2 heterocycles. The third-order valence-corrected chi connectivity index (χ3v) is 9.07. The van der Waals surface area contributed by atoms with Gasteiger partial charge in [-0.1, -0.05) is 74.5 Å². The zero-order valence-corrected chi connectivity index (χ0v) is 22.2. The number of benzene rings is 4. The number of thiazole rings is 2. The van der Waals surface area contributed by atoms with Crippen molar-refractivity contribution in [2.45, 2.75) is 19.3 Å². The Kier molecular flexibility index (Phi) is 5.20. The van der Waals surface area contributed by atoms with E-state index in [1.807, 2.05) is 23.2 Å². The number of rotatable bonds is 4. The van der Waals surface area contributed by atoms with E-state index in [1.165, 1.54) is 55.6 Å². The lowest BCUT2D eigenvalue weighted by molar-refractivity contribution is 0.661. The summed E-state index contributed by atoms with van der Waals surface area (Å²) in [4.78, 5) is 9.00.